The summed E-state index contributed by atoms with van der Waals surface area (Å²) in [6.07, 6.45) is 1.45. The Morgan fingerprint density at radius 3 is 2.25 bits per heavy atom. The molecular formula is C8H12Cl2O2. The first-order chi connectivity index (χ1) is 5.56. The molecule has 2 nitrogen and oxygen atoms in total. The summed E-state index contributed by atoms with van der Waals surface area (Å²) in [7, 11) is 0. The molecule has 0 aromatic carbocycles. The van der Waals surface area contributed by atoms with Crippen molar-refractivity contribution in [2.24, 2.45) is 0 Å². The number of alkyl halides is 2. The fourth-order valence-corrected chi connectivity index (χ4v) is 2.98. The maximum absolute atomic E-state index is 6.29. The van der Waals surface area contributed by atoms with Crippen molar-refractivity contribution < 1.29 is 9.47 Å². The van der Waals surface area contributed by atoms with Crippen LogP contribution < -0.4 is 0 Å². The highest BCUT2D eigenvalue weighted by Crippen LogP contribution is 2.50. The Hall–Kier alpha value is 0.500. The SMILES string of the molecule is C[C@]1(Cl)C[C@H](Cl)CC12OCCO2. The zero-order valence-corrected chi connectivity index (χ0v) is 8.49. The lowest BCUT2D eigenvalue weighted by Crippen LogP contribution is -2.44. The van der Waals surface area contributed by atoms with E-state index in [9.17, 15) is 0 Å². The number of halogens is 2. The molecule has 1 saturated heterocycles. The van der Waals surface area contributed by atoms with Crippen LogP contribution in [0.3, 0.4) is 0 Å². The molecule has 1 aliphatic carbocycles. The van der Waals surface area contributed by atoms with Crippen LogP contribution >= 0.6 is 23.2 Å². The number of hydrogen-bond acceptors (Lipinski definition) is 2. The molecule has 12 heavy (non-hydrogen) atoms. The predicted octanol–water partition coefficient (Wildman–Crippen LogP) is 2.13. The largest absolute Gasteiger partial charge is 0.346 e. The second-order valence-corrected chi connectivity index (χ2v) is 5.10. The molecule has 1 spiro atoms. The fourth-order valence-electron chi connectivity index (χ4n) is 2.02. The first-order valence-corrected chi connectivity index (χ1v) is 4.98. The van der Waals surface area contributed by atoms with Gasteiger partial charge >= 0.3 is 0 Å². The van der Waals surface area contributed by atoms with E-state index in [1.807, 2.05) is 6.92 Å². The van der Waals surface area contributed by atoms with Gasteiger partial charge in [-0.3, -0.25) is 0 Å². The third-order valence-electron chi connectivity index (χ3n) is 2.64. The van der Waals surface area contributed by atoms with Gasteiger partial charge in [-0.1, -0.05) is 0 Å². The van der Waals surface area contributed by atoms with E-state index in [0.29, 0.717) is 19.6 Å². The van der Waals surface area contributed by atoms with Crippen LogP contribution in [0.15, 0.2) is 0 Å². The van der Waals surface area contributed by atoms with E-state index < -0.39 is 10.7 Å². The Kier molecular flexibility index (Phi) is 2.07. The molecule has 0 aromatic rings. The summed E-state index contributed by atoms with van der Waals surface area (Å²) in [4.78, 5) is -0.462. The van der Waals surface area contributed by atoms with Crippen LogP contribution in [0.5, 0.6) is 0 Å². The molecule has 1 heterocycles. The van der Waals surface area contributed by atoms with Crippen LogP contribution in [0.2, 0.25) is 0 Å². The molecular weight excluding hydrogens is 199 g/mol. The van der Waals surface area contributed by atoms with Crippen molar-refractivity contribution in [2.75, 3.05) is 13.2 Å². The highest BCUT2D eigenvalue weighted by molar-refractivity contribution is 6.27. The van der Waals surface area contributed by atoms with Crippen LogP contribution in [0.1, 0.15) is 19.8 Å². The molecule has 0 unspecified atom stereocenters. The van der Waals surface area contributed by atoms with Crippen molar-refractivity contribution in [1.29, 1.82) is 0 Å². The summed E-state index contributed by atoms with van der Waals surface area (Å²) < 4.78 is 11.1. The van der Waals surface area contributed by atoms with Gasteiger partial charge in [0, 0.05) is 11.8 Å². The Balaban J connectivity index is 2.23. The number of rotatable bonds is 0. The molecule has 2 aliphatic rings. The normalized spacial score (nSPS) is 45.8. The molecule has 4 heteroatoms. The van der Waals surface area contributed by atoms with Gasteiger partial charge in [-0.2, -0.15) is 0 Å². The summed E-state index contributed by atoms with van der Waals surface area (Å²) >= 11 is 12.3. The summed E-state index contributed by atoms with van der Waals surface area (Å²) in [6.45, 7) is 3.19. The van der Waals surface area contributed by atoms with Gasteiger partial charge in [-0.25, -0.2) is 0 Å². The molecule has 0 amide bonds. The van der Waals surface area contributed by atoms with Crippen molar-refractivity contribution in [3.63, 3.8) is 0 Å². The van der Waals surface area contributed by atoms with Crippen molar-refractivity contribution in [3.05, 3.63) is 0 Å². The monoisotopic (exact) mass is 210 g/mol. The summed E-state index contributed by atoms with van der Waals surface area (Å²) in [5.41, 5.74) is 0. The van der Waals surface area contributed by atoms with Gasteiger partial charge < -0.3 is 9.47 Å². The highest BCUT2D eigenvalue weighted by Gasteiger charge is 2.58. The number of hydrogen-bond donors (Lipinski definition) is 0. The Bertz CT molecular complexity index is 187. The molecule has 0 radical (unpaired) electrons. The maximum atomic E-state index is 6.29. The minimum absolute atomic E-state index is 0.0746. The second kappa shape index (κ2) is 2.74. The smallest absolute Gasteiger partial charge is 0.188 e. The predicted molar refractivity (Wildman–Crippen MR) is 47.8 cm³/mol. The average Bonchev–Trinajstić information content (AvgIpc) is 2.42. The molecule has 0 N–H and O–H groups in total. The Morgan fingerprint density at radius 2 is 1.83 bits per heavy atom. The van der Waals surface area contributed by atoms with E-state index in [4.69, 9.17) is 32.7 Å². The Labute approximate surface area is 82.1 Å². The fraction of sp³-hybridized carbons (Fsp3) is 1.00. The lowest BCUT2D eigenvalue weighted by atomic mass is 10.0. The summed E-state index contributed by atoms with van der Waals surface area (Å²) in [5, 5.41) is 0.0746. The topological polar surface area (TPSA) is 18.5 Å². The van der Waals surface area contributed by atoms with E-state index in [0.717, 1.165) is 6.42 Å². The lowest BCUT2D eigenvalue weighted by Gasteiger charge is -2.33. The zero-order valence-electron chi connectivity index (χ0n) is 6.98. The van der Waals surface area contributed by atoms with Gasteiger partial charge in [-0.05, 0) is 13.3 Å². The molecule has 0 bridgehead atoms. The molecule has 1 aliphatic heterocycles. The number of ether oxygens (including phenoxy) is 2. The van der Waals surface area contributed by atoms with Gasteiger partial charge in [-0.15, -0.1) is 23.2 Å². The van der Waals surface area contributed by atoms with Crippen molar-refractivity contribution >= 4 is 23.2 Å². The minimum atomic E-state index is -0.610. The van der Waals surface area contributed by atoms with E-state index in [1.54, 1.807) is 0 Å². The third kappa shape index (κ3) is 1.17. The van der Waals surface area contributed by atoms with E-state index in [-0.39, 0.29) is 5.38 Å². The van der Waals surface area contributed by atoms with Crippen LogP contribution in [-0.4, -0.2) is 29.3 Å². The quantitative estimate of drug-likeness (QED) is 0.571. The average molecular weight is 211 g/mol. The van der Waals surface area contributed by atoms with Gasteiger partial charge in [0.15, 0.2) is 5.79 Å². The molecule has 2 fully saturated rings. The second-order valence-electron chi connectivity index (χ2n) is 3.65. The van der Waals surface area contributed by atoms with Crippen LogP contribution in [-0.2, 0) is 9.47 Å². The molecule has 2 atom stereocenters. The van der Waals surface area contributed by atoms with Crippen molar-refractivity contribution in [1.82, 2.24) is 0 Å². The molecule has 1 saturated carbocycles. The van der Waals surface area contributed by atoms with Crippen LogP contribution in [0.25, 0.3) is 0 Å². The summed E-state index contributed by atoms with van der Waals surface area (Å²) in [5.74, 6) is -0.610. The third-order valence-corrected chi connectivity index (χ3v) is 3.39. The van der Waals surface area contributed by atoms with Crippen molar-refractivity contribution in [3.8, 4) is 0 Å². The van der Waals surface area contributed by atoms with Gasteiger partial charge in [0.25, 0.3) is 0 Å². The molecule has 0 aromatic heterocycles. The van der Waals surface area contributed by atoms with Crippen molar-refractivity contribution in [2.45, 2.75) is 35.8 Å². The summed E-state index contributed by atoms with van der Waals surface area (Å²) in [6, 6.07) is 0. The first-order valence-electron chi connectivity index (χ1n) is 4.17. The molecule has 70 valence electrons. The first kappa shape index (κ1) is 9.07. The van der Waals surface area contributed by atoms with E-state index >= 15 is 0 Å². The Morgan fingerprint density at radius 1 is 1.25 bits per heavy atom. The van der Waals surface area contributed by atoms with Gasteiger partial charge in [0.2, 0.25) is 0 Å². The lowest BCUT2D eigenvalue weighted by molar-refractivity contribution is -0.167. The zero-order chi connectivity index (χ0) is 8.82. The van der Waals surface area contributed by atoms with E-state index in [2.05, 4.69) is 0 Å². The van der Waals surface area contributed by atoms with Gasteiger partial charge in [0.1, 0.15) is 0 Å². The molecule has 2 rings (SSSR count). The maximum Gasteiger partial charge on any atom is 0.188 e. The highest BCUT2D eigenvalue weighted by atomic mass is 35.5. The van der Waals surface area contributed by atoms with Crippen LogP contribution in [0.4, 0.5) is 0 Å². The van der Waals surface area contributed by atoms with Gasteiger partial charge in [0.05, 0.1) is 18.1 Å². The van der Waals surface area contributed by atoms with E-state index in [1.165, 1.54) is 0 Å². The van der Waals surface area contributed by atoms with Crippen LogP contribution in [0, 0.1) is 0 Å². The minimum Gasteiger partial charge on any atom is -0.346 e. The standard InChI is InChI=1S/C8H12Cl2O2/c1-7(10)4-6(9)5-8(7)11-2-3-12-8/h6H,2-5H2,1H3/t6-,7-/m0/s1.